The number of hydrogen-bond donors (Lipinski definition) is 3. The van der Waals surface area contributed by atoms with Gasteiger partial charge in [-0.05, 0) is 58.2 Å². The Morgan fingerprint density at radius 2 is 1.92 bits per heavy atom. The summed E-state index contributed by atoms with van der Waals surface area (Å²) < 4.78 is 27.3. The second-order valence-corrected chi connectivity index (χ2v) is 8.83. The van der Waals surface area contributed by atoms with Gasteiger partial charge in [-0.2, -0.15) is 0 Å². The van der Waals surface area contributed by atoms with E-state index in [9.17, 15) is 13.2 Å². The molecule has 4 N–H and O–H groups in total. The first kappa shape index (κ1) is 20.9. The third kappa shape index (κ3) is 5.73. The second-order valence-electron chi connectivity index (χ2n) is 7.14. The lowest BCUT2D eigenvalue weighted by Gasteiger charge is -2.20. The number of sulfonamides is 1. The Morgan fingerprint density at radius 1 is 1.25 bits per heavy atom. The number of hydrogen-bond acceptors (Lipinski definition) is 4. The van der Waals surface area contributed by atoms with Crippen LogP contribution in [0.3, 0.4) is 0 Å². The zero-order valence-electron chi connectivity index (χ0n) is 14.2. The number of carbonyl (C=O) groups excluding carboxylic acids is 1. The van der Waals surface area contributed by atoms with Gasteiger partial charge in [0.2, 0.25) is 15.9 Å². The van der Waals surface area contributed by atoms with Crippen molar-refractivity contribution in [3.8, 4) is 0 Å². The van der Waals surface area contributed by atoms with E-state index in [2.05, 4.69) is 10.0 Å². The molecule has 0 saturated heterocycles. The fourth-order valence-corrected chi connectivity index (χ4v) is 4.17. The van der Waals surface area contributed by atoms with Crippen LogP contribution in [0, 0.1) is 5.92 Å². The molecule has 2 unspecified atom stereocenters. The van der Waals surface area contributed by atoms with Gasteiger partial charge in [0.15, 0.2) is 0 Å². The van der Waals surface area contributed by atoms with Gasteiger partial charge in [-0.3, -0.25) is 4.79 Å². The number of anilines is 1. The number of amides is 1. The van der Waals surface area contributed by atoms with Crippen LogP contribution < -0.4 is 15.8 Å². The molecule has 24 heavy (non-hydrogen) atoms. The molecule has 1 aromatic carbocycles. The first-order valence-corrected chi connectivity index (χ1v) is 9.26. The van der Waals surface area contributed by atoms with Gasteiger partial charge in [0.25, 0.3) is 0 Å². The predicted octanol–water partition coefficient (Wildman–Crippen LogP) is 2.25. The van der Waals surface area contributed by atoms with Crippen LogP contribution in [0.2, 0.25) is 0 Å². The van der Waals surface area contributed by atoms with Crippen molar-refractivity contribution in [2.24, 2.45) is 11.7 Å². The van der Waals surface area contributed by atoms with Crippen molar-refractivity contribution in [3.05, 3.63) is 24.3 Å². The molecule has 0 radical (unpaired) electrons. The third-order valence-electron chi connectivity index (χ3n) is 3.70. The van der Waals surface area contributed by atoms with Crippen molar-refractivity contribution in [1.82, 2.24) is 4.72 Å². The molecule has 0 aliphatic heterocycles. The zero-order valence-corrected chi connectivity index (χ0v) is 15.8. The zero-order chi connectivity index (χ0) is 17.3. The highest BCUT2D eigenvalue weighted by atomic mass is 35.5. The predicted molar refractivity (Wildman–Crippen MR) is 97.7 cm³/mol. The highest BCUT2D eigenvalue weighted by Crippen LogP contribution is 2.26. The fourth-order valence-electron chi connectivity index (χ4n) is 2.70. The maximum atomic E-state index is 12.3. The summed E-state index contributed by atoms with van der Waals surface area (Å²) in [6.45, 7) is 5.33. The molecule has 2 atom stereocenters. The monoisotopic (exact) mass is 375 g/mol. The molecule has 0 spiro atoms. The Labute approximate surface area is 150 Å². The molecule has 1 aliphatic rings. The summed E-state index contributed by atoms with van der Waals surface area (Å²) in [5.41, 5.74) is 5.74. The quantitative estimate of drug-likeness (QED) is 0.751. The van der Waals surface area contributed by atoms with E-state index in [1.165, 1.54) is 12.1 Å². The molecule has 1 aliphatic carbocycles. The van der Waals surface area contributed by atoms with Gasteiger partial charge in [-0.25, -0.2) is 13.1 Å². The van der Waals surface area contributed by atoms with Crippen molar-refractivity contribution < 1.29 is 13.2 Å². The minimum Gasteiger partial charge on any atom is -0.328 e. The van der Waals surface area contributed by atoms with Crippen LogP contribution in [0.4, 0.5) is 5.69 Å². The lowest BCUT2D eigenvalue weighted by molar-refractivity contribution is -0.119. The summed E-state index contributed by atoms with van der Waals surface area (Å²) in [6.07, 6.45) is 2.30. The largest absolute Gasteiger partial charge is 0.328 e. The standard InChI is InChI=1S/C16H25N3O3S.ClH/c1-16(2,3)19-23(21,22)14-6-4-5-13(10-14)18-15(20)11-7-8-12(17)9-11;/h4-6,10-12,19H,7-9,17H2,1-3H3,(H,18,20);1H. The van der Waals surface area contributed by atoms with Crippen molar-refractivity contribution in [1.29, 1.82) is 0 Å². The molecule has 6 nitrogen and oxygen atoms in total. The van der Waals surface area contributed by atoms with E-state index in [0.717, 1.165) is 12.8 Å². The fraction of sp³-hybridized carbons (Fsp3) is 0.562. The average Bonchev–Trinajstić information content (AvgIpc) is 2.83. The van der Waals surface area contributed by atoms with E-state index in [4.69, 9.17) is 5.73 Å². The van der Waals surface area contributed by atoms with Crippen LogP contribution in [0.15, 0.2) is 29.2 Å². The molecular weight excluding hydrogens is 350 g/mol. The van der Waals surface area contributed by atoms with Crippen LogP contribution in [-0.2, 0) is 14.8 Å². The van der Waals surface area contributed by atoms with Crippen LogP contribution >= 0.6 is 12.4 Å². The Kier molecular flexibility index (Phi) is 6.81. The molecule has 0 bridgehead atoms. The van der Waals surface area contributed by atoms with Crippen molar-refractivity contribution in [3.63, 3.8) is 0 Å². The SMILES string of the molecule is CC(C)(C)NS(=O)(=O)c1cccc(NC(=O)C2CCC(N)C2)c1.Cl. The van der Waals surface area contributed by atoms with Crippen LogP contribution in [-0.4, -0.2) is 25.9 Å². The van der Waals surface area contributed by atoms with Crippen LogP contribution in [0.25, 0.3) is 0 Å². The molecule has 0 heterocycles. The van der Waals surface area contributed by atoms with Gasteiger partial charge in [0, 0.05) is 23.2 Å². The molecule has 8 heteroatoms. The number of rotatable bonds is 4. The minimum absolute atomic E-state index is 0. The Balaban J connectivity index is 0.00000288. The molecule has 1 fully saturated rings. The topological polar surface area (TPSA) is 101 Å². The highest BCUT2D eigenvalue weighted by Gasteiger charge is 2.28. The van der Waals surface area contributed by atoms with E-state index in [1.807, 2.05) is 0 Å². The smallest absolute Gasteiger partial charge is 0.241 e. The van der Waals surface area contributed by atoms with Gasteiger partial charge in [-0.1, -0.05) is 6.07 Å². The second kappa shape index (κ2) is 7.82. The summed E-state index contributed by atoms with van der Waals surface area (Å²) in [4.78, 5) is 12.4. The highest BCUT2D eigenvalue weighted by molar-refractivity contribution is 7.89. The van der Waals surface area contributed by atoms with Crippen LogP contribution in [0.1, 0.15) is 40.0 Å². The van der Waals surface area contributed by atoms with Crippen molar-refractivity contribution >= 4 is 34.0 Å². The number of nitrogens with two attached hydrogens (primary N) is 1. The normalized spacial score (nSPS) is 21.2. The maximum Gasteiger partial charge on any atom is 0.241 e. The van der Waals surface area contributed by atoms with E-state index in [-0.39, 0.29) is 35.2 Å². The number of carbonyl (C=O) groups is 1. The molecule has 1 aromatic rings. The van der Waals surface area contributed by atoms with Crippen molar-refractivity contribution in [2.45, 2.75) is 56.5 Å². The van der Waals surface area contributed by atoms with Gasteiger partial charge in [0.1, 0.15) is 0 Å². The number of halogens is 1. The van der Waals surface area contributed by atoms with Crippen molar-refractivity contribution in [2.75, 3.05) is 5.32 Å². The summed E-state index contributed by atoms with van der Waals surface area (Å²) in [5.74, 6) is -0.200. The molecule has 136 valence electrons. The van der Waals surface area contributed by atoms with Gasteiger partial charge in [0.05, 0.1) is 4.90 Å². The molecule has 1 amide bonds. The molecule has 0 aromatic heterocycles. The Bertz CT molecular complexity index is 686. The third-order valence-corrected chi connectivity index (χ3v) is 5.45. The molecular formula is C16H26ClN3O3S. The molecule has 1 saturated carbocycles. The Hall–Kier alpha value is -1.15. The summed E-state index contributed by atoms with van der Waals surface area (Å²) in [6, 6.07) is 6.36. The summed E-state index contributed by atoms with van der Waals surface area (Å²) in [7, 11) is -3.63. The first-order chi connectivity index (χ1) is 10.6. The first-order valence-electron chi connectivity index (χ1n) is 7.77. The minimum atomic E-state index is -3.63. The summed E-state index contributed by atoms with van der Waals surface area (Å²) >= 11 is 0. The Morgan fingerprint density at radius 3 is 2.46 bits per heavy atom. The number of nitrogens with one attached hydrogen (secondary N) is 2. The van der Waals surface area contributed by atoms with Gasteiger partial charge >= 0.3 is 0 Å². The maximum absolute atomic E-state index is 12.3. The van der Waals surface area contributed by atoms with E-state index >= 15 is 0 Å². The van der Waals surface area contributed by atoms with E-state index in [1.54, 1.807) is 32.9 Å². The summed E-state index contributed by atoms with van der Waals surface area (Å²) in [5, 5.41) is 2.79. The molecule has 2 rings (SSSR count). The lowest BCUT2D eigenvalue weighted by atomic mass is 10.1. The van der Waals surface area contributed by atoms with Crippen LogP contribution in [0.5, 0.6) is 0 Å². The number of benzene rings is 1. The van der Waals surface area contributed by atoms with E-state index in [0.29, 0.717) is 12.1 Å². The van der Waals surface area contributed by atoms with Gasteiger partial charge in [-0.15, -0.1) is 12.4 Å². The van der Waals surface area contributed by atoms with Gasteiger partial charge < -0.3 is 11.1 Å². The van der Waals surface area contributed by atoms with E-state index < -0.39 is 15.6 Å². The lowest BCUT2D eigenvalue weighted by Crippen LogP contribution is -2.40. The average molecular weight is 376 g/mol.